The lowest BCUT2D eigenvalue weighted by Crippen LogP contribution is -2.03. The van der Waals surface area contributed by atoms with Crippen LogP contribution in [-0.2, 0) is 0 Å². The average Bonchev–Trinajstić information content (AvgIpc) is 2.16. The molecule has 0 bridgehead atoms. The summed E-state index contributed by atoms with van der Waals surface area (Å²) in [7, 11) is 1.27. The number of ether oxygens (including phenoxy) is 1. The Labute approximate surface area is 85.8 Å². The highest BCUT2D eigenvalue weighted by Gasteiger charge is 2.21. The Morgan fingerprint density at radius 3 is 2.53 bits per heavy atom. The van der Waals surface area contributed by atoms with Crippen LogP contribution in [0.4, 0.5) is 11.4 Å². The molecule has 0 saturated carbocycles. The van der Waals surface area contributed by atoms with Crippen molar-refractivity contribution in [2.45, 2.75) is 6.92 Å². The minimum atomic E-state index is -0.637. The zero-order valence-corrected chi connectivity index (χ0v) is 8.31. The van der Waals surface area contributed by atoms with Gasteiger partial charge in [-0.3, -0.25) is 14.9 Å². The van der Waals surface area contributed by atoms with E-state index in [0.717, 1.165) is 6.07 Å². The molecule has 0 aliphatic rings. The molecule has 0 radical (unpaired) electrons. The van der Waals surface area contributed by atoms with Crippen molar-refractivity contribution in [3.05, 3.63) is 27.8 Å². The van der Waals surface area contributed by atoms with Crippen LogP contribution >= 0.6 is 0 Å². The molecule has 0 atom stereocenters. The Balaban J connectivity index is 3.52. The van der Waals surface area contributed by atoms with E-state index in [0.29, 0.717) is 0 Å². The highest BCUT2D eigenvalue weighted by atomic mass is 16.6. The third-order valence-electron chi connectivity index (χ3n) is 1.87. The van der Waals surface area contributed by atoms with Crippen LogP contribution in [0.2, 0.25) is 0 Å². The smallest absolute Gasteiger partial charge is 0.313 e. The molecule has 6 nitrogen and oxygen atoms in total. The second-order valence-corrected chi connectivity index (χ2v) is 2.93. The summed E-state index contributed by atoms with van der Waals surface area (Å²) in [5.74, 6) is -0.385. The molecule has 0 heterocycles. The Hall–Kier alpha value is -2.11. The molecule has 0 unspecified atom stereocenters. The second kappa shape index (κ2) is 3.95. The summed E-state index contributed by atoms with van der Waals surface area (Å²) in [6, 6.07) is 2.51. The molecule has 15 heavy (non-hydrogen) atoms. The van der Waals surface area contributed by atoms with E-state index < -0.39 is 4.92 Å². The summed E-state index contributed by atoms with van der Waals surface area (Å²) in [6.07, 6.45) is 0. The summed E-state index contributed by atoms with van der Waals surface area (Å²) in [5.41, 5.74) is 5.42. The number of methoxy groups -OCH3 is 1. The summed E-state index contributed by atoms with van der Waals surface area (Å²) in [6.45, 7) is 1.29. The van der Waals surface area contributed by atoms with Crippen LogP contribution in [0.25, 0.3) is 0 Å². The highest BCUT2D eigenvalue weighted by molar-refractivity contribution is 5.99. The summed E-state index contributed by atoms with van der Waals surface area (Å²) < 4.78 is 4.84. The van der Waals surface area contributed by atoms with Gasteiger partial charge in [0.2, 0.25) is 5.75 Å². The van der Waals surface area contributed by atoms with Crippen molar-refractivity contribution in [1.29, 1.82) is 0 Å². The lowest BCUT2D eigenvalue weighted by atomic mass is 10.1. The Morgan fingerprint density at radius 2 is 2.13 bits per heavy atom. The predicted molar refractivity (Wildman–Crippen MR) is 54.1 cm³/mol. The Morgan fingerprint density at radius 1 is 1.53 bits per heavy atom. The van der Waals surface area contributed by atoms with Gasteiger partial charge in [0, 0.05) is 11.8 Å². The number of nitrogen functional groups attached to an aromatic ring is 1. The van der Waals surface area contributed by atoms with E-state index in [1.165, 1.54) is 20.1 Å². The number of rotatable bonds is 3. The van der Waals surface area contributed by atoms with Gasteiger partial charge in [0.1, 0.15) is 0 Å². The van der Waals surface area contributed by atoms with Gasteiger partial charge in [0.25, 0.3) is 0 Å². The monoisotopic (exact) mass is 210 g/mol. The highest BCUT2D eigenvalue weighted by Crippen LogP contribution is 2.33. The zero-order chi connectivity index (χ0) is 11.6. The fourth-order valence-corrected chi connectivity index (χ4v) is 1.25. The van der Waals surface area contributed by atoms with E-state index in [2.05, 4.69) is 0 Å². The van der Waals surface area contributed by atoms with E-state index in [9.17, 15) is 14.9 Å². The topological polar surface area (TPSA) is 95.5 Å². The first-order valence-electron chi connectivity index (χ1n) is 4.10. The molecule has 1 aromatic rings. The van der Waals surface area contributed by atoms with Crippen molar-refractivity contribution in [2.75, 3.05) is 12.8 Å². The van der Waals surface area contributed by atoms with Gasteiger partial charge in [0.15, 0.2) is 5.78 Å². The minimum Gasteiger partial charge on any atom is -0.490 e. The molecule has 1 rings (SSSR count). The number of nitrogens with two attached hydrogens (primary N) is 1. The van der Waals surface area contributed by atoms with Gasteiger partial charge >= 0.3 is 5.69 Å². The number of benzene rings is 1. The van der Waals surface area contributed by atoms with E-state index in [4.69, 9.17) is 10.5 Å². The Kier molecular flexibility index (Phi) is 2.89. The van der Waals surface area contributed by atoms with Crippen molar-refractivity contribution in [3.8, 4) is 5.75 Å². The number of ketones is 1. The van der Waals surface area contributed by atoms with Gasteiger partial charge in [-0.1, -0.05) is 0 Å². The molecule has 6 heteroatoms. The maximum atomic E-state index is 11.2. The number of nitro groups is 1. The van der Waals surface area contributed by atoms with Gasteiger partial charge in [-0.2, -0.15) is 0 Å². The number of Topliss-reactive ketones (excluding diaryl/α,β-unsaturated/α-hetero) is 1. The number of nitro benzene ring substituents is 1. The van der Waals surface area contributed by atoms with Crippen LogP contribution in [0, 0.1) is 10.1 Å². The molecule has 1 aromatic carbocycles. The lowest BCUT2D eigenvalue weighted by molar-refractivity contribution is -0.385. The number of carbonyl (C=O) groups excluding carboxylic acids is 1. The number of nitrogens with zero attached hydrogens (tertiary/aromatic N) is 1. The average molecular weight is 210 g/mol. The quantitative estimate of drug-likeness (QED) is 0.352. The summed E-state index contributed by atoms with van der Waals surface area (Å²) >= 11 is 0. The van der Waals surface area contributed by atoms with Crippen molar-refractivity contribution in [3.63, 3.8) is 0 Å². The number of hydrogen-bond donors (Lipinski definition) is 1. The van der Waals surface area contributed by atoms with Gasteiger partial charge in [-0.05, 0) is 13.0 Å². The van der Waals surface area contributed by atoms with Gasteiger partial charge in [-0.25, -0.2) is 0 Å². The standard InChI is InChI=1S/C9H10N2O4/c1-5(12)7-3-6(10)4-8(11(13)14)9(7)15-2/h3-4H,10H2,1-2H3. The van der Waals surface area contributed by atoms with Crippen molar-refractivity contribution in [1.82, 2.24) is 0 Å². The second-order valence-electron chi connectivity index (χ2n) is 2.93. The lowest BCUT2D eigenvalue weighted by Gasteiger charge is -2.07. The first-order valence-corrected chi connectivity index (χ1v) is 4.10. The van der Waals surface area contributed by atoms with Crippen LogP contribution in [0.3, 0.4) is 0 Å². The molecule has 0 saturated heterocycles. The SMILES string of the molecule is COc1c(C(C)=O)cc(N)cc1[N+](=O)[O-]. The zero-order valence-electron chi connectivity index (χ0n) is 8.31. The van der Waals surface area contributed by atoms with Gasteiger partial charge in [-0.15, -0.1) is 0 Å². The van der Waals surface area contributed by atoms with Crippen LogP contribution in [0.1, 0.15) is 17.3 Å². The first kappa shape index (κ1) is 11.0. The molecule has 0 aliphatic carbocycles. The molecular weight excluding hydrogens is 200 g/mol. The molecular formula is C9H10N2O4. The van der Waals surface area contributed by atoms with Gasteiger partial charge in [0.05, 0.1) is 17.6 Å². The van der Waals surface area contributed by atoms with Crippen LogP contribution in [0.5, 0.6) is 5.75 Å². The van der Waals surface area contributed by atoms with Crippen LogP contribution in [0.15, 0.2) is 12.1 Å². The normalized spacial score (nSPS) is 9.73. The number of hydrogen-bond acceptors (Lipinski definition) is 5. The fourth-order valence-electron chi connectivity index (χ4n) is 1.25. The molecule has 0 amide bonds. The minimum absolute atomic E-state index is 0.0540. The number of carbonyl (C=O) groups is 1. The van der Waals surface area contributed by atoms with Crippen molar-refractivity contribution in [2.24, 2.45) is 0 Å². The van der Waals surface area contributed by atoms with Gasteiger partial charge < -0.3 is 10.5 Å². The molecule has 0 aliphatic heterocycles. The van der Waals surface area contributed by atoms with E-state index in [1.807, 2.05) is 0 Å². The molecule has 80 valence electrons. The largest absolute Gasteiger partial charge is 0.490 e. The summed E-state index contributed by atoms with van der Waals surface area (Å²) in [5, 5.41) is 10.7. The van der Waals surface area contributed by atoms with Crippen LogP contribution in [-0.4, -0.2) is 17.8 Å². The maximum Gasteiger partial charge on any atom is 0.313 e. The maximum absolute atomic E-state index is 11.2. The van der Waals surface area contributed by atoms with Crippen molar-refractivity contribution < 1.29 is 14.5 Å². The van der Waals surface area contributed by atoms with E-state index >= 15 is 0 Å². The van der Waals surface area contributed by atoms with Crippen LogP contribution < -0.4 is 10.5 Å². The van der Waals surface area contributed by atoms with E-state index in [-0.39, 0.29) is 28.5 Å². The number of anilines is 1. The van der Waals surface area contributed by atoms with Crippen molar-refractivity contribution >= 4 is 17.2 Å². The molecule has 0 aromatic heterocycles. The third kappa shape index (κ3) is 2.04. The molecule has 0 fully saturated rings. The first-order chi connectivity index (χ1) is 6.97. The molecule has 2 N–H and O–H groups in total. The third-order valence-corrected chi connectivity index (χ3v) is 1.87. The predicted octanol–water partition coefficient (Wildman–Crippen LogP) is 1.39. The fraction of sp³-hybridized carbons (Fsp3) is 0.222. The van der Waals surface area contributed by atoms with E-state index in [1.54, 1.807) is 0 Å². The summed E-state index contributed by atoms with van der Waals surface area (Å²) in [4.78, 5) is 21.2. The molecule has 0 spiro atoms. The Bertz CT molecular complexity index is 393.